The molecule has 0 saturated heterocycles. The van der Waals surface area contributed by atoms with E-state index in [9.17, 15) is 0 Å². The van der Waals surface area contributed by atoms with E-state index in [-0.39, 0.29) is 0 Å². The van der Waals surface area contributed by atoms with E-state index >= 15 is 0 Å². The zero-order valence-electron chi connectivity index (χ0n) is 14.2. The van der Waals surface area contributed by atoms with Crippen LogP contribution in [0.5, 0.6) is 0 Å². The molecule has 0 radical (unpaired) electrons. The molecule has 0 bridgehead atoms. The third-order valence-electron chi connectivity index (χ3n) is 3.77. The molecular weight excluding hydrogens is 314 g/mol. The number of oxazole rings is 1. The quantitative estimate of drug-likeness (QED) is 0.422. The van der Waals surface area contributed by atoms with E-state index in [2.05, 4.69) is 48.5 Å². The molecule has 2 heterocycles. The number of aryl methyl sites for hydroxylation is 3. The predicted octanol–water partition coefficient (Wildman–Crippen LogP) is 6.42. The second-order valence-corrected chi connectivity index (χ2v) is 6.82. The molecule has 3 heteroatoms. The van der Waals surface area contributed by atoms with Crippen LogP contribution in [0.2, 0.25) is 0 Å². The van der Waals surface area contributed by atoms with Crippen molar-refractivity contribution in [1.29, 1.82) is 0 Å². The van der Waals surface area contributed by atoms with Gasteiger partial charge in [-0.05, 0) is 61.5 Å². The summed E-state index contributed by atoms with van der Waals surface area (Å²) in [7, 11) is 0. The van der Waals surface area contributed by atoms with Gasteiger partial charge in [0, 0.05) is 10.4 Å². The van der Waals surface area contributed by atoms with Crippen LogP contribution < -0.4 is 0 Å². The van der Waals surface area contributed by atoms with Gasteiger partial charge in [-0.1, -0.05) is 36.8 Å². The van der Waals surface area contributed by atoms with Crippen molar-refractivity contribution < 1.29 is 4.42 Å². The van der Waals surface area contributed by atoms with E-state index in [1.165, 1.54) is 22.4 Å². The summed E-state index contributed by atoms with van der Waals surface area (Å²) in [5.41, 5.74) is 5.20. The van der Waals surface area contributed by atoms with Crippen molar-refractivity contribution in [3.63, 3.8) is 0 Å². The van der Waals surface area contributed by atoms with Gasteiger partial charge in [0.05, 0.1) is 0 Å². The smallest absolute Gasteiger partial charge is 0.227 e. The number of benzene rings is 2. The molecule has 0 atom stereocenters. The molecular formula is C21H21NOS. The third-order valence-corrected chi connectivity index (χ3v) is 4.79. The summed E-state index contributed by atoms with van der Waals surface area (Å²) in [6.45, 7) is 6.29. The Morgan fingerprint density at radius 2 is 1.71 bits per heavy atom. The van der Waals surface area contributed by atoms with Crippen molar-refractivity contribution in [3.05, 3.63) is 76.0 Å². The van der Waals surface area contributed by atoms with E-state index in [0.29, 0.717) is 5.89 Å². The lowest BCUT2D eigenvalue weighted by Gasteiger charge is -1.95. The average Bonchev–Trinajstić information content (AvgIpc) is 3.25. The number of thiophene rings is 1. The first-order chi connectivity index (χ1) is 11.7. The Kier molecular flexibility index (Phi) is 5.11. The highest BCUT2D eigenvalue weighted by Crippen LogP contribution is 2.24. The Balaban J connectivity index is 0.000000203. The first kappa shape index (κ1) is 16.5. The Morgan fingerprint density at radius 1 is 0.958 bits per heavy atom. The topological polar surface area (TPSA) is 26.0 Å². The summed E-state index contributed by atoms with van der Waals surface area (Å²) in [6.07, 6.45) is 1.18. The zero-order chi connectivity index (χ0) is 16.9. The van der Waals surface area contributed by atoms with Crippen molar-refractivity contribution in [3.8, 4) is 11.5 Å². The fraction of sp³-hybridized carbons (Fsp3) is 0.190. The average molecular weight is 335 g/mol. The molecule has 2 aromatic carbocycles. The minimum Gasteiger partial charge on any atom is -0.436 e. The molecule has 0 aliphatic heterocycles. The summed E-state index contributed by atoms with van der Waals surface area (Å²) in [6, 6.07) is 18.5. The second kappa shape index (κ2) is 7.45. The first-order valence-electron chi connectivity index (χ1n) is 8.12. The van der Waals surface area contributed by atoms with Crippen molar-refractivity contribution >= 4 is 22.4 Å². The molecule has 0 saturated carbocycles. The monoisotopic (exact) mass is 335 g/mol. The number of hydrogen-bond acceptors (Lipinski definition) is 3. The van der Waals surface area contributed by atoms with Gasteiger partial charge in [0.2, 0.25) is 5.89 Å². The molecule has 0 N–H and O–H groups in total. The van der Waals surface area contributed by atoms with Gasteiger partial charge in [-0.15, -0.1) is 11.3 Å². The number of nitrogens with zero attached hydrogens (tertiary/aromatic N) is 1. The molecule has 0 aliphatic rings. The molecule has 0 amide bonds. The second-order valence-electron chi connectivity index (χ2n) is 5.79. The van der Waals surface area contributed by atoms with Crippen LogP contribution in [-0.4, -0.2) is 4.98 Å². The van der Waals surface area contributed by atoms with Gasteiger partial charge in [0.25, 0.3) is 0 Å². The van der Waals surface area contributed by atoms with Gasteiger partial charge < -0.3 is 4.42 Å². The van der Waals surface area contributed by atoms with Gasteiger partial charge in [0.15, 0.2) is 5.58 Å². The van der Waals surface area contributed by atoms with Crippen LogP contribution in [0.25, 0.3) is 22.6 Å². The van der Waals surface area contributed by atoms with Crippen LogP contribution in [0, 0.1) is 13.8 Å². The normalized spacial score (nSPS) is 10.5. The molecule has 0 fully saturated rings. The van der Waals surface area contributed by atoms with Crippen molar-refractivity contribution in [2.24, 2.45) is 0 Å². The van der Waals surface area contributed by atoms with Crippen LogP contribution in [0.4, 0.5) is 0 Å². The number of rotatable bonds is 2. The summed E-state index contributed by atoms with van der Waals surface area (Å²) < 4.78 is 5.76. The van der Waals surface area contributed by atoms with E-state index < -0.39 is 0 Å². The van der Waals surface area contributed by atoms with Crippen molar-refractivity contribution in [2.75, 3.05) is 0 Å². The van der Waals surface area contributed by atoms with E-state index in [4.69, 9.17) is 4.42 Å². The summed E-state index contributed by atoms with van der Waals surface area (Å²) in [4.78, 5) is 5.96. The zero-order valence-corrected chi connectivity index (χ0v) is 15.1. The van der Waals surface area contributed by atoms with E-state index in [1.807, 2.05) is 48.6 Å². The summed E-state index contributed by atoms with van der Waals surface area (Å²) in [5.74, 6) is 0.686. The van der Waals surface area contributed by atoms with Crippen LogP contribution in [0.15, 0.2) is 64.4 Å². The number of hydrogen-bond donors (Lipinski definition) is 0. The number of fused-ring (bicyclic) bond motifs is 1. The fourth-order valence-corrected chi connectivity index (χ4v) is 3.02. The van der Waals surface area contributed by atoms with Gasteiger partial charge >= 0.3 is 0 Å². The minimum atomic E-state index is 0.686. The minimum absolute atomic E-state index is 0.686. The maximum Gasteiger partial charge on any atom is 0.227 e. The Morgan fingerprint density at radius 3 is 2.33 bits per heavy atom. The van der Waals surface area contributed by atoms with Crippen LogP contribution >= 0.6 is 11.3 Å². The van der Waals surface area contributed by atoms with Gasteiger partial charge in [-0.25, -0.2) is 4.98 Å². The Labute approximate surface area is 146 Å². The first-order valence-corrected chi connectivity index (χ1v) is 9.00. The fourth-order valence-electron chi connectivity index (χ4n) is 2.37. The third kappa shape index (κ3) is 3.92. The summed E-state index contributed by atoms with van der Waals surface area (Å²) in [5, 5.41) is 2.11. The van der Waals surface area contributed by atoms with Gasteiger partial charge in [-0.3, -0.25) is 0 Å². The molecule has 2 nitrogen and oxygen atoms in total. The van der Waals surface area contributed by atoms with Gasteiger partial charge in [0.1, 0.15) is 5.52 Å². The molecule has 24 heavy (non-hydrogen) atoms. The Hall–Kier alpha value is -2.39. The lowest BCUT2D eigenvalue weighted by atomic mass is 10.1. The SMILES string of the molecule is CCc1cccs1.Cc1ccc(-c2nc3ccc(C)cc3o2)cc1. The lowest BCUT2D eigenvalue weighted by Crippen LogP contribution is -1.77. The molecule has 0 spiro atoms. The van der Waals surface area contributed by atoms with E-state index in [1.54, 1.807) is 0 Å². The number of aromatic nitrogens is 1. The predicted molar refractivity (Wildman–Crippen MR) is 103 cm³/mol. The highest BCUT2D eigenvalue weighted by molar-refractivity contribution is 7.09. The van der Waals surface area contributed by atoms with Crippen molar-refractivity contribution in [1.82, 2.24) is 4.98 Å². The van der Waals surface area contributed by atoms with Gasteiger partial charge in [-0.2, -0.15) is 0 Å². The van der Waals surface area contributed by atoms with Crippen molar-refractivity contribution in [2.45, 2.75) is 27.2 Å². The standard InChI is InChI=1S/C15H13NO.C6H8S/c1-10-3-6-12(7-4-10)15-16-13-8-5-11(2)9-14(13)17-15;1-2-6-4-3-5-7-6/h3-9H,1-2H3;3-5H,2H2,1H3. The molecule has 4 aromatic rings. The maximum absolute atomic E-state index is 5.76. The molecule has 0 aliphatic carbocycles. The molecule has 122 valence electrons. The largest absolute Gasteiger partial charge is 0.436 e. The highest BCUT2D eigenvalue weighted by atomic mass is 32.1. The molecule has 2 aromatic heterocycles. The maximum atomic E-state index is 5.76. The van der Waals surface area contributed by atoms with E-state index in [0.717, 1.165) is 16.7 Å². The Bertz CT molecular complexity index is 905. The summed E-state index contributed by atoms with van der Waals surface area (Å²) >= 11 is 1.82. The molecule has 0 unspecified atom stereocenters. The van der Waals surface area contributed by atoms with Crippen LogP contribution in [0.3, 0.4) is 0 Å². The van der Waals surface area contributed by atoms with Crippen LogP contribution in [-0.2, 0) is 6.42 Å². The highest BCUT2D eigenvalue weighted by Gasteiger charge is 2.07. The van der Waals surface area contributed by atoms with Crippen LogP contribution in [0.1, 0.15) is 22.9 Å². The lowest BCUT2D eigenvalue weighted by molar-refractivity contribution is 0.619. The molecule has 4 rings (SSSR count).